The molecular formula is C22H24Cl2F2N2O4. The minimum Gasteiger partial charge on any atom is -0.491 e. The third-order valence-corrected chi connectivity index (χ3v) is 5.65. The molecule has 0 radical (unpaired) electrons. The third kappa shape index (κ3) is 7.48. The van der Waals surface area contributed by atoms with Crippen LogP contribution in [0.3, 0.4) is 0 Å². The van der Waals surface area contributed by atoms with E-state index in [2.05, 4.69) is 10.6 Å². The van der Waals surface area contributed by atoms with Gasteiger partial charge in [0.2, 0.25) is 0 Å². The Balaban J connectivity index is 1.32. The van der Waals surface area contributed by atoms with Crippen LogP contribution < -0.4 is 20.1 Å². The molecule has 3 N–H and O–H groups in total. The molecule has 0 saturated heterocycles. The van der Waals surface area contributed by atoms with Crippen LogP contribution in [0.4, 0.5) is 8.78 Å². The highest BCUT2D eigenvalue weighted by Crippen LogP contribution is 2.22. The van der Waals surface area contributed by atoms with E-state index < -0.39 is 17.7 Å². The van der Waals surface area contributed by atoms with Crippen molar-refractivity contribution in [3.63, 3.8) is 0 Å². The molecule has 2 aromatic rings. The standard InChI is InChI=1S/C22H24Cl2F2N2O4/c23-18-5-3-16(8-20(18)25)31-11-15(29)10-27-13-1-2-14(7-13)28-22(30)12-32-17-4-6-19(24)21(26)9-17/h3-6,8-9,13-15,27,29H,1-2,7,10-12H2,(H,28,30)/t13-,14+,15?/m1/s1. The number of rotatable bonds is 10. The Hall–Kier alpha value is -2.13. The molecule has 3 atom stereocenters. The first-order valence-electron chi connectivity index (χ1n) is 10.2. The largest absolute Gasteiger partial charge is 0.491 e. The maximum absolute atomic E-state index is 13.4. The highest BCUT2D eigenvalue weighted by Gasteiger charge is 2.26. The van der Waals surface area contributed by atoms with Crippen LogP contribution in [0.15, 0.2) is 36.4 Å². The Bertz CT molecular complexity index is 935. The zero-order valence-corrected chi connectivity index (χ0v) is 18.6. The zero-order valence-electron chi connectivity index (χ0n) is 17.1. The van der Waals surface area contributed by atoms with Gasteiger partial charge in [0.05, 0.1) is 10.0 Å². The number of carbonyl (C=O) groups is 1. The van der Waals surface area contributed by atoms with Crippen molar-refractivity contribution in [3.8, 4) is 11.5 Å². The summed E-state index contributed by atoms with van der Waals surface area (Å²) in [4.78, 5) is 12.1. The second-order valence-corrected chi connectivity index (χ2v) is 8.40. The minimum atomic E-state index is -0.782. The summed E-state index contributed by atoms with van der Waals surface area (Å²) >= 11 is 11.2. The second kappa shape index (κ2) is 11.7. The number of aliphatic hydroxyl groups is 1. The number of benzene rings is 2. The Labute approximate surface area is 194 Å². The summed E-state index contributed by atoms with van der Waals surface area (Å²) in [6.45, 7) is 0.0766. The van der Waals surface area contributed by atoms with E-state index in [9.17, 15) is 18.7 Å². The zero-order chi connectivity index (χ0) is 23.1. The van der Waals surface area contributed by atoms with Gasteiger partial charge in [-0.05, 0) is 43.5 Å². The summed E-state index contributed by atoms with van der Waals surface area (Å²) in [5.41, 5.74) is 0. The van der Waals surface area contributed by atoms with Crippen molar-refractivity contribution >= 4 is 29.1 Å². The van der Waals surface area contributed by atoms with E-state index in [0.29, 0.717) is 13.0 Å². The number of hydrogen-bond acceptors (Lipinski definition) is 5. The molecule has 6 nitrogen and oxygen atoms in total. The van der Waals surface area contributed by atoms with Crippen LogP contribution in [0.1, 0.15) is 19.3 Å². The number of carbonyl (C=O) groups excluding carboxylic acids is 1. The molecule has 0 heterocycles. The lowest BCUT2D eigenvalue weighted by molar-refractivity contribution is -0.123. The molecule has 0 aliphatic heterocycles. The smallest absolute Gasteiger partial charge is 0.258 e. The van der Waals surface area contributed by atoms with Crippen LogP contribution in [-0.2, 0) is 4.79 Å². The molecule has 2 aromatic carbocycles. The van der Waals surface area contributed by atoms with Gasteiger partial charge in [0, 0.05) is 30.8 Å². The van der Waals surface area contributed by atoms with Gasteiger partial charge < -0.3 is 25.2 Å². The lowest BCUT2D eigenvalue weighted by Crippen LogP contribution is -2.40. The van der Waals surface area contributed by atoms with Crippen LogP contribution in [0, 0.1) is 11.6 Å². The quantitative estimate of drug-likeness (QED) is 0.474. The molecule has 174 valence electrons. The number of halogens is 4. The highest BCUT2D eigenvalue weighted by molar-refractivity contribution is 6.31. The van der Waals surface area contributed by atoms with Crippen molar-refractivity contribution in [1.29, 1.82) is 0 Å². The highest BCUT2D eigenvalue weighted by atomic mass is 35.5. The van der Waals surface area contributed by atoms with Crippen LogP contribution in [0.25, 0.3) is 0 Å². The van der Waals surface area contributed by atoms with Crippen LogP contribution in [-0.4, -0.2) is 49.0 Å². The first kappa shape index (κ1) is 24.5. The number of ether oxygens (including phenoxy) is 2. The fourth-order valence-electron chi connectivity index (χ4n) is 3.40. The molecule has 1 amide bonds. The van der Waals surface area contributed by atoms with Crippen molar-refractivity contribution in [2.24, 2.45) is 0 Å². The van der Waals surface area contributed by atoms with E-state index in [0.717, 1.165) is 18.9 Å². The van der Waals surface area contributed by atoms with Crippen LogP contribution in [0.2, 0.25) is 10.0 Å². The Morgan fingerprint density at radius 2 is 1.62 bits per heavy atom. The predicted octanol–water partition coefficient (Wildman–Crippen LogP) is 3.72. The van der Waals surface area contributed by atoms with Gasteiger partial charge in [-0.25, -0.2) is 8.78 Å². The summed E-state index contributed by atoms with van der Waals surface area (Å²) in [6.07, 6.45) is 1.55. The monoisotopic (exact) mass is 488 g/mol. The Kier molecular flexibility index (Phi) is 8.92. The van der Waals surface area contributed by atoms with Gasteiger partial charge >= 0.3 is 0 Å². The van der Waals surface area contributed by atoms with E-state index >= 15 is 0 Å². The van der Waals surface area contributed by atoms with Gasteiger partial charge in [-0.3, -0.25) is 4.79 Å². The van der Waals surface area contributed by atoms with Gasteiger partial charge in [-0.1, -0.05) is 23.2 Å². The second-order valence-electron chi connectivity index (χ2n) is 7.59. The van der Waals surface area contributed by atoms with Crippen molar-refractivity contribution in [2.75, 3.05) is 19.8 Å². The van der Waals surface area contributed by atoms with Crippen molar-refractivity contribution in [2.45, 2.75) is 37.5 Å². The SMILES string of the molecule is O=C(COc1ccc(Cl)c(F)c1)N[C@H]1CC[C@@H](NCC(O)COc2ccc(Cl)c(F)c2)C1. The van der Waals surface area contributed by atoms with Crippen molar-refractivity contribution < 1.29 is 28.2 Å². The fourth-order valence-corrected chi connectivity index (χ4v) is 3.64. The summed E-state index contributed by atoms with van der Waals surface area (Å²) in [7, 11) is 0. The van der Waals surface area contributed by atoms with Gasteiger partial charge in [0.1, 0.15) is 35.8 Å². The molecule has 10 heteroatoms. The van der Waals surface area contributed by atoms with Crippen molar-refractivity contribution in [1.82, 2.24) is 10.6 Å². The Morgan fingerprint density at radius 1 is 1.03 bits per heavy atom. The minimum absolute atomic E-state index is 0.00356. The topological polar surface area (TPSA) is 79.8 Å². The summed E-state index contributed by atoms with van der Waals surface area (Å²) in [5.74, 6) is -0.970. The van der Waals surface area contributed by atoms with Gasteiger partial charge in [-0.2, -0.15) is 0 Å². The maximum atomic E-state index is 13.4. The summed E-state index contributed by atoms with van der Waals surface area (Å²) in [5, 5.41) is 16.2. The summed E-state index contributed by atoms with van der Waals surface area (Å²) in [6, 6.07) is 8.19. The van der Waals surface area contributed by atoms with E-state index in [1.54, 1.807) is 0 Å². The fraction of sp³-hybridized carbons (Fsp3) is 0.409. The molecule has 1 fully saturated rings. The van der Waals surface area contributed by atoms with Gasteiger partial charge in [0.25, 0.3) is 5.91 Å². The average molecular weight is 489 g/mol. The predicted molar refractivity (Wildman–Crippen MR) is 117 cm³/mol. The maximum Gasteiger partial charge on any atom is 0.258 e. The molecule has 1 aliphatic carbocycles. The molecule has 0 bridgehead atoms. The molecule has 0 aromatic heterocycles. The number of nitrogens with one attached hydrogen (secondary N) is 2. The molecule has 0 spiro atoms. The first-order chi connectivity index (χ1) is 15.3. The lowest BCUT2D eigenvalue weighted by atomic mass is 10.2. The Morgan fingerprint density at radius 3 is 2.25 bits per heavy atom. The van der Waals surface area contributed by atoms with E-state index in [4.69, 9.17) is 32.7 Å². The normalized spacial score (nSPS) is 18.9. The average Bonchev–Trinajstić information content (AvgIpc) is 3.21. The lowest BCUT2D eigenvalue weighted by Gasteiger charge is -2.18. The van der Waals surface area contributed by atoms with Gasteiger partial charge in [0.15, 0.2) is 6.61 Å². The molecule has 1 aliphatic rings. The van der Waals surface area contributed by atoms with Crippen LogP contribution >= 0.6 is 23.2 Å². The third-order valence-electron chi connectivity index (χ3n) is 5.03. The van der Waals surface area contributed by atoms with Crippen molar-refractivity contribution in [3.05, 3.63) is 58.1 Å². The molecule has 32 heavy (non-hydrogen) atoms. The number of amides is 1. The first-order valence-corrected chi connectivity index (χ1v) is 10.9. The van der Waals surface area contributed by atoms with E-state index in [1.807, 2.05) is 0 Å². The van der Waals surface area contributed by atoms with E-state index in [1.165, 1.54) is 30.3 Å². The van der Waals surface area contributed by atoms with Gasteiger partial charge in [-0.15, -0.1) is 0 Å². The molecule has 1 saturated carbocycles. The summed E-state index contributed by atoms with van der Waals surface area (Å²) < 4.78 is 37.5. The number of aliphatic hydroxyl groups excluding tert-OH is 1. The van der Waals surface area contributed by atoms with E-state index in [-0.39, 0.29) is 52.7 Å². The molecule has 1 unspecified atom stereocenters. The molecular weight excluding hydrogens is 465 g/mol. The van der Waals surface area contributed by atoms with Crippen LogP contribution in [0.5, 0.6) is 11.5 Å². The number of hydrogen-bond donors (Lipinski definition) is 3. The molecule has 3 rings (SSSR count).